The van der Waals surface area contributed by atoms with Crippen LogP contribution in [-0.2, 0) is 16.0 Å². The number of hydrogen-bond acceptors (Lipinski definition) is 3. The Balaban J connectivity index is 2.22. The highest BCUT2D eigenvalue weighted by molar-refractivity contribution is 9.10. The van der Waals surface area contributed by atoms with Crippen molar-refractivity contribution in [2.45, 2.75) is 18.2 Å². The zero-order chi connectivity index (χ0) is 12.7. The quantitative estimate of drug-likeness (QED) is 0.496. The molecule has 0 saturated carbocycles. The zero-order valence-corrected chi connectivity index (χ0v) is 11.8. The van der Waals surface area contributed by atoms with Gasteiger partial charge in [-0.25, -0.2) is 0 Å². The number of carbonyl (C=O) groups is 1. The molecule has 1 N–H and O–H groups in total. The van der Waals surface area contributed by atoms with Crippen molar-refractivity contribution in [3.8, 4) is 0 Å². The smallest absolute Gasteiger partial charge is 0.320 e. The number of alkyl halides is 1. The Morgan fingerprint density at radius 2 is 2.29 bits per heavy atom. The van der Waals surface area contributed by atoms with Gasteiger partial charge in [0.2, 0.25) is 0 Å². The number of nitrogens with one attached hydrogen (secondary N) is 1. The molecule has 3 nitrogen and oxygen atoms in total. The lowest BCUT2D eigenvalue weighted by Gasteiger charge is -2.09. The summed E-state index contributed by atoms with van der Waals surface area (Å²) in [5.74, 6) is -0.243. The standard InChI is InChI=1S/C13H18BrNO2/c1-10-4-3-5-11(8-10)6-7-15-9-12(14)13(16)17-2/h3-5,8,12,15H,6-7,9H2,1-2H3. The van der Waals surface area contributed by atoms with E-state index < -0.39 is 0 Å². The van der Waals surface area contributed by atoms with Crippen molar-refractivity contribution in [1.82, 2.24) is 5.32 Å². The molecule has 0 aliphatic rings. The Morgan fingerprint density at radius 1 is 1.53 bits per heavy atom. The Morgan fingerprint density at radius 3 is 2.94 bits per heavy atom. The fourth-order valence-electron chi connectivity index (χ4n) is 1.54. The van der Waals surface area contributed by atoms with Crippen LogP contribution in [0.1, 0.15) is 11.1 Å². The van der Waals surface area contributed by atoms with E-state index in [0.29, 0.717) is 6.54 Å². The normalized spacial score (nSPS) is 12.2. The first-order chi connectivity index (χ1) is 8.13. The molecule has 0 aliphatic heterocycles. The summed E-state index contributed by atoms with van der Waals surface area (Å²) in [4.78, 5) is 10.8. The van der Waals surface area contributed by atoms with Gasteiger partial charge >= 0.3 is 5.97 Å². The maximum Gasteiger partial charge on any atom is 0.320 e. The average molecular weight is 300 g/mol. The fourth-order valence-corrected chi connectivity index (χ4v) is 1.96. The van der Waals surface area contributed by atoms with Crippen LogP contribution in [0.2, 0.25) is 0 Å². The lowest BCUT2D eigenvalue weighted by atomic mass is 10.1. The molecule has 1 unspecified atom stereocenters. The van der Waals surface area contributed by atoms with Crippen LogP contribution in [0.5, 0.6) is 0 Å². The van der Waals surface area contributed by atoms with E-state index >= 15 is 0 Å². The van der Waals surface area contributed by atoms with Crippen molar-refractivity contribution >= 4 is 21.9 Å². The molecule has 1 aromatic carbocycles. The second kappa shape index (κ2) is 7.45. The van der Waals surface area contributed by atoms with Gasteiger partial charge in [-0.3, -0.25) is 4.79 Å². The highest BCUT2D eigenvalue weighted by atomic mass is 79.9. The summed E-state index contributed by atoms with van der Waals surface area (Å²) in [5, 5.41) is 3.22. The van der Waals surface area contributed by atoms with Crippen LogP contribution in [0.15, 0.2) is 24.3 Å². The third kappa shape index (κ3) is 5.33. The van der Waals surface area contributed by atoms with Gasteiger partial charge in [0, 0.05) is 6.54 Å². The summed E-state index contributed by atoms with van der Waals surface area (Å²) < 4.78 is 4.62. The van der Waals surface area contributed by atoms with Crippen molar-refractivity contribution < 1.29 is 9.53 Å². The summed E-state index contributed by atoms with van der Waals surface area (Å²) in [5.41, 5.74) is 2.58. The van der Waals surface area contributed by atoms with Crippen LogP contribution in [0.25, 0.3) is 0 Å². The Bertz CT molecular complexity index is 368. The maximum absolute atomic E-state index is 11.1. The number of ether oxygens (including phenoxy) is 1. The number of rotatable bonds is 6. The molecule has 94 valence electrons. The third-order valence-corrected chi connectivity index (χ3v) is 3.15. The molecule has 1 aromatic rings. The summed E-state index contributed by atoms with van der Waals surface area (Å²) in [7, 11) is 1.39. The first-order valence-corrected chi connectivity index (χ1v) is 6.53. The SMILES string of the molecule is COC(=O)C(Br)CNCCc1cccc(C)c1. The van der Waals surface area contributed by atoms with Gasteiger partial charge in [0.05, 0.1) is 7.11 Å². The minimum atomic E-state index is -0.273. The predicted octanol–water partition coefficient (Wildman–Crippen LogP) is 2.06. The molecule has 0 bridgehead atoms. The number of hydrogen-bond donors (Lipinski definition) is 1. The number of benzene rings is 1. The van der Waals surface area contributed by atoms with Crippen LogP contribution in [-0.4, -0.2) is 31.0 Å². The topological polar surface area (TPSA) is 38.3 Å². The number of esters is 1. The van der Waals surface area contributed by atoms with Gasteiger partial charge in [0.15, 0.2) is 0 Å². The Hall–Kier alpha value is -0.870. The van der Waals surface area contributed by atoms with Gasteiger partial charge in [-0.2, -0.15) is 0 Å². The van der Waals surface area contributed by atoms with Crippen LogP contribution in [0.4, 0.5) is 0 Å². The van der Waals surface area contributed by atoms with E-state index in [-0.39, 0.29) is 10.8 Å². The van der Waals surface area contributed by atoms with Crippen molar-refractivity contribution in [2.24, 2.45) is 0 Å². The molecule has 0 radical (unpaired) electrons. The predicted molar refractivity (Wildman–Crippen MR) is 72.5 cm³/mol. The van der Waals surface area contributed by atoms with Crippen molar-refractivity contribution in [1.29, 1.82) is 0 Å². The molecule has 4 heteroatoms. The van der Waals surface area contributed by atoms with Gasteiger partial charge in [-0.15, -0.1) is 0 Å². The Kier molecular flexibility index (Phi) is 6.22. The van der Waals surface area contributed by atoms with E-state index in [1.54, 1.807) is 0 Å². The largest absolute Gasteiger partial charge is 0.468 e. The summed E-state index contributed by atoms with van der Waals surface area (Å²) in [6.07, 6.45) is 0.961. The average Bonchev–Trinajstić information content (AvgIpc) is 2.33. The molecule has 1 atom stereocenters. The Labute approximate surface area is 111 Å². The maximum atomic E-state index is 11.1. The van der Waals surface area contributed by atoms with Gasteiger partial charge in [0.1, 0.15) is 4.83 Å². The van der Waals surface area contributed by atoms with Crippen LogP contribution in [0.3, 0.4) is 0 Å². The molecular weight excluding hydrogens is 282 g/mol. The molecule has 0 aliphatic carbocycles. The molecule has 0 saturated heterocycles. The van der Waals surface area contributed by atoms with E-state index in [1.165, 1.54) is 18.2 Å². The molecule has 1 rings (SSSR count). The molecule has 17 heavy (non-hydrogen) atoms. The van der Waals surface area contributed by atoms with Crippen LogP contribution >= 0.6 is 15.9 Å². The van der Waals surface area contributed by atoms with Gasteiger partial charge in [0.25, 0.3) is 0 Å². The molecule has 0 spiro atoms. The monoisotopic (exact) mass is 299 g/mol. The number of halogens is 1. The number of aryl methyl sites for hydroxylation is 1. The van der Waals surface area contributed by atoms with E-state index in [2.05, 4.69) is 57.2 Å². The molecule has 0 heterocycles. The zero-order valence-electron chi connectivity index (χ0n) is 10.2. The minimum absolute atomic E-state index is 0.243. The lowest BCUT2D eigenvalue weighted by Crippen LogP contribution is -2.30. The minimum Gasteiger partial charge on any atom is -0.468 e. The van der Waals surface area contributed by atoms with Gasteiger partial charge in [-0.1, -0.05) is 45.8 Å². The number of carbonyl (C=O) groups excluding carboxylic acids is 1. The molecule has 0 aromatic heterocycles. The van der Waals surface area contributed by atoms with Crippen molar-refractivity contribution in [3.63, 3.8) is 0 Å². The van der Waals surface area contributed by atoms with E-state index in [4.69, 9.17) is 0 Å². The van der Waals surface area contributed by atoms with E-state index in [9.17, 15) is 4.79 Å². The van der Waals surface area contributed by atoms with Gasteiger partial charge < -0.3 is 10.1 Å². The first-order valence-electron chi connectivity index (χ1n) is 5.61. The van der Waals surface area contributed by atoms with Crippen LogP contribution in [0, 0.1) is 6.92 Å². The molecule has 0 fully saturated rings. The second-order valence-electron chi connectivity index (χ2n) is 3.93. The summed E-state index contributed by atoms with van der Waals surface area (Å²) >= 11 is 3.26. The summed E-state index contributed by atoms with van der Waals surface area (Å²) in [6.45, 7) is 3.52. The van der Waals surface area contributed by atoms with Crippen molar-refractivity contribution in [3.05, 3.63) is 35.4 Å². The number of methoxy groups -OCH3 is 1. The lowest BCUT2D eigenvalue weighted by molar-refractivity contribution is -0.139. The molecule has 0 amide bonds. The molecular formula is C13H18BrNO2. The third-order valence-electron chi connectivity index (χ3n) is 2.45. The first kappa shape index (κ1) is 14.2. The summed E-state index contributed by atoms with van der Waals surface area (Å²) in [6, 6.07) is 8.43. The van der Waals surface area contributed by atoms with Crippen molar-refractivity contribution in [2.75, 3.05) is 20.2 Å². The fraction of sp³-hybridized carbons (Fsp3) is 0.462. The van der Waals surface area contributed by atoms with E-state index in [1.807, 2.05) is 0 Å². The van der Waals surface area contributed by atoms with E-state index in [0.717, 1.165) is 13.0 Å². The van der Waals surface area contributed by atoms with Gasteiger partial charge in [-0.05, 0) is 25.5 Å². The second-order valence-corrected chi connectivity index (χ2v) is 5.04. The van der Waals surface area contributed by atoms with Crippen LogP contribution < -0.4 is 5.32 Å². The highest BCUT2D eigenvalue weighted by Gasteiger charge is 2.13. The highest BCUT2D eigenvalue weighted by Crippen LogP contribution is 2.04.